The van der Waals surface area contributed by atoms with Crippen molar-refractivity contribution in [1.82, 2.24) is 4.90 Å². The zero-order valence-electron chi connectivity index (χ0n) is 15.9. The molecule has 0 amide bonds. The molecule has 4 rings (SSSR count). The Bertz CT molecular complexity index is 832. The molecule has 2 aromatic rings. The molecule has 0 spiro atoms. The summed E-state index contributed by atoms with van der Waals surface area (Å²) in [5.41, 5.74) is 4.48. The van der Waals surface area contributed by atoms with Crippen LogP contribution in [0.15, 0.2) is 54.7 Å². The summed E-state index contributed by atoms with van der Waals surface area (Å²) in [5.74, 6) is 0.793. The maximum atomic E-state index is 10.4. The Kier molecular flexibility index (Phi) is 5.76. The lowest BCUT2D eigenvalue weighted by Gasteiger charge is -2.36. The van der Waals surface area contributed by atoms with Crippen molar-refractivity contribution in [2.75, 3.05) is 49.5 Å². The number of allylic oxidation sites excluding steroid dienone is 1. The van der Waals surface area contributed by atoms with Gasteiger partial charge in [-0.1, -0.05) is 18.2 Å². The average Bonchev–Trinajstić information content (AvgIpc) is 3.07. The number of hydrogen-bond donors (Lipinski definition) is 2. The first-order valence-corrected chi connectivity index (χ1v) is 10.1. The van der Waals surface area contributed by atoms with E-state index in [2.05, 4.69) is 33.8 Å². The molecule has 2 N–H and O–H groups in total. The Hall–Kier alpha value is -2.21. The third kappa shape index (κ3) is 4.61. The van der Waals surface area contributed by atoms with Crippen LogP contribution in [0, 0.1) is 0 Å². The molecule has 5 nitrogen and oxygen atoms in total. The lowest BCUT2D eigenvalue weighted by molar-refractivity contribution is 0.0663. The molecule has 0 saturated carbocycles. The van der Waals surface area contributed by atoms with E-state index in [4.69, 9.17) is 16.3 Å². The number of β-amino-alcohol motifs (C(OH)–C–C–N with tert-alkyl or cyclic N) is 1. The van der Waals surface area contributed by atoms with Gasteiger partial charge in [-0.3, -0.25) is 4.90 Å². The van der Waals surface area contributed by atoms with Crippen LogP contribution in [0.25, 0.3) is 0 Å². The predicted octanol–water partition coefficient (Wildman–Crippen LogP) is 3.38. The quantitative estimate of drug-likeness (QED) is 0.779. The van der Waals surface area contributed by atoms with Gasteiger partial charge in [0.15, 0.2) is 0 Å². The SMILES string of the molecule is C=C1Cc2cc(OC[C@@H](O)CN3CCN(c4ccc(Cl)cc4)CC3)ccc2N1. The van der Waals surface area contributed by atoms with Gasteiger partial charge in [0.25, 0.3) is 0 Å². The minimum absolute atomic E-state index is 0.296. The standard InChI is InChI=1S/C22H26ClN3O2/c1-16-12-17-13-21(6-7-22(17)24-16)28-15-20(27)14-25-8-10-26(11-9-25)19-4-2-18(23)3-5-19/h2-7,13,20,24,27H,1,8-12,14-15H2/t20-/m0/s1. The Labute approximate surface area is 171 Å². The van der Waals surface area contributed by atoms with Crippen molar-refractivity contribution in [3.8, 4) is 5.75 Å². The van der Waals surface area contributed by atoms with E-state index in [0.29, 0.717) is 13.2 Å². The highest BCUT2D eigenvalue weighted by molar-refractivity contribution is 6.30. The molecule has 0 aromatic heterocycles. The summed E-state index contributed by atoms with van der Waals surface area (Å²) in [5, 5.41) is 14.4. The van der Waals surface area contributed by atoms with Gasteiger partial charge in [-0.2, -0.15) is 0 Å². The van der Waals surface area contributed by atoms with Crippen molar-refractivity contribution in [1.29, 1.82) is 0 Å². The molecule has 2 aromatic carbocycles. The minimum atomic E-state index is -0.511. The number of benzene rings is 2. The molecule has 1 saturated heterocycles. The van der Waals surface area contributed by atoms with E-state index in [1.807, 2.05) is 30.3 Å². The number of anilines is 2. The average molecular weight is 400 g/mol. The van der Waals surface area contributed by atoms with E-state index in [0.717, 1.165) is 54.8 Å². The largest absolute Gasteiger partial charge is 0.491 e. The highest BCUT2D eigenvalue weighted by Crippen LogP contribution is 2.30. The maximum absolute atomic E-state index is 10.4. The summed E-state index contributed by atoms with van der Waals surface area (Å²) in [4.78, 5) is 4.64. The van der Waals surface area contributed by atoms with Gasteiger partial charge < -0.3 is 20.1 Å². The van der Waals surface area contributed by atoms with Gasteiger partial charge in [0, 0.05) is 61.2 Å². The highest BCUT2D eigenvalue weighted by Gasteiger charge is 2.20. The molecule has 6 heteroatoms. The summed E-state index contributed by atoms with van der Waals surface area (Å²) in [6.45, 7) is 8.61. The first-order valence-electron chi connectivity index (χ1n) is 9.68. The molecule has 0 radical (unpaired) electrons. The first-order chi connectivity index (χ1) is 13.6. The van der Waals surface area contributed by atoms with Crippen molar-refractivity contribution in [3.63, 3.8) is 0 Å². The highest BCUT2D eigenvalue weighted by atomic mass is 35.5. The number of aliphatic hydroxyl groups is 1. The van der Waals surface area contributed by atoms with Crippen molar-refractivity contribution in [2.24, 2.45) is 0 Å². The van der Waals surface area contributed by atoms with Crippen LogP contribution in [-0.4, -0.2) is 55.4 Å². The number of piperazine rings is 1. The fourth-order valence-corrected chi connectivity index (χ4v) is 3.90. The molecule has 0 bridgehead atoms. The monoisotopic (exact) mass is 399 g/mol. The molecule has 2 aliphatic rings. The number of rotatable bonds is 6. The number of halogens is 1. The fourth-order valence-electron chi connectivity index (χ4n) is 3.78. The van der Waals surface area contributed by atoms with Crippen molar-refractivity contribution >= 4 is 23.0 Å². The number of nitrogens with one attached hydrogen (secondary N) is 1. The number of ether oxygens (including phenoxy) is 1. The summed E-state index contributed by atoms with van der Waals surface area (Å²) < 4.78 is 5.81. The third-order valence-electron chi connectivity index (χ3n) is 5.27. The van der Waals surface area contributed by atoms with E-state index in [1.54, 1.807) is 0 Å². The molecule has 0 aliphatic carbocycles. The molecule has 148 valence electrons. The number of hydrogen-bond acceptors (Lipinski definition) is 5. The summed E-state index contributed by atoms with van der Waals surface area (Å²) in [6, 6.07) is 13.9. The van der Waals surface area contributed by atoms with Gasteiger partial charge in [0.1, 0.15) is 18.5 Å². The van der Waals surface area contributed by atoms with Crippen LogP contribution < -0.4 is 15.0 Å². The Morgan fingerprint density at radius 2 is 1.86 bits per heavy atom. The Morgan fingerprint density at radius 3 is 2.61 bits per heavy atom. The molecule has 0 unspecified atom stereocenters. The van der Waals surface area contributed by atoms with Crippen LogP contribution >= 0.6 is 11.6 Å². The zero-order chi connectivity index (χ0) is 19.5. The maximum Gasteiger partial charge on any atom is 0.119 e. The van der Waals surface area contributed by atoms with Gasteiger partial charge in [-0.25, -0.2) is 0 Å². The normalized spacial score (nSPS) is 17.9. The molecule has 2 aliphatic heterocycles. The predicted molar refractivity (Wildman–Crippen MR) is 115 cm³/mol. The van der Waals surface area contributed by atoms with Crippen molar-refractivity contribution < 1.29 is 9.84 Å². The van der Waals surface area contributed by atoms with Gasteiger partial charge in [0.2, 0.25) is 0 Å². The molecular weight excluding hydrogens is 374 g/mol. The molecule has 28 heavy (non-hydrogen) atoms. The molecule has 2 heterocycles. The lowest BCUT2D eigenvalue weighted by atomic mass is 10.1. The van der Waals surface area contributed by atoms with Gasteiger partial charge in [0.05, 0.1) is 0 Å². The summed E-state index contributed by atoms with van der Waals surface area (Å²) in [7, 11) is 0. The van der Waals surface area contributed by atoms with E-state index in [1.165, 1.54) is 11.3 Å². The number of nitrogens with zero attached hydrogens (tertiary/aromatic N) is 2. The number of fused-ring (bicyclic) bond motifs is 1. The van der Waals surface area contributed by atoms with Crippen LogP contribution in [0.5, 0.6) is 5.75 Å². The van der Waals surface area contributed by atoms with E-state index in [9.17, 15) is 5.11 Å². The second-order valence-corrected chi connectivity index (χ2v) is 7.89. The van der Waals surface area contributed by atoms with Crippen LogP contribution in [0.1, 0.15) is 5.56 Å². The van der Waals surface area contributed by atoms with Gasteiger partial charge in [-0.05, 0) is 48.0 Å². The Balaban J connectivity index is 1.22. The van der Waals surface area contributed by atoms with Gasteiger partial charge >= 0.3 is 0 Å². The molecule has 1 atom stereocenters. The fraction of sp³-hybridized carbons (Fsp3) is 0.364. The smallest absolute Gasteiger partial charge is 0.119 e. The second kappa shape index (κ2) is 8.43. The molecule has 1 fully saturated rings. The topological polar surface area (TPSA) is 48.0 Å². The lowest BCUT2D eigenvalue weighted by Crippen LogP contribution is -2.49. The third-order valence-corrected chi connectivity index (χ3v) is 5.52. The van der Waals surface area contributed by atoms with E-state index in [-0.39, 0.29) is 0 Å². The van der Waals surface area contributed by atoms with Crippen molar-refractivity contribution in [2.45, 2.75) is 12.5 Å². The molecular formula is C22H26ClN3O2. The van der Waals surface area contributed by atoms with Crippen LogP contribution in [-0.2, 0) is 6.42 Å². The second-order valence-electron chi connectivity index (χ2n) is 7.45. The Morgan fingerprint density at radius 1 is 1.11 bits per heavy atom. The van der Waals surface area contributed by atoms with E-state index >= 15 is 0 Å². The minimum Gasteiger partial charge on any atom is -0.491 e. The summed E-state index contributed by atoms with van der Waals surface area (Å²) >= 11 is 5.97. The van der Waals surface area contributed by atoms with Crippen molar-refractivity contribution in [3.05, 3.63) is 65.3 Å². The van der Waals surface area contributed by atoms with Crippen LogP contribution in [0.2, 0.25) is 5.02 Å². The zero-order valence-corrected chi connectivity index (χ0v) is 16.7. The summed E-state index contributed by atoms with van der Waals surface area (Å²) in [6.07, 6.45) is 0.316. The first kappa shape index (κ1) is 19.1. The van der Waals surface area contributed by atoms with Gasteiger partial charge in [-0.15, -0.1) is 0 Å². The number of aliphatic hydroxyl groups excluding tert-OH is 1. The van der Waals surface area contributed by atoms with Crippen LogP contribution in [0.4, 0.5) is 11.4 Å². The van der Waals surface area contributed by atoms with Crippen LogP contribution in [0.3, 0.4) is 0 Å². The van der Waals surface area contributed by atoms with E-state index < -0.39 is 6.10 Å².